The standard InChI is InChI=1S/C10H13FN2O3/c1-5(11)7-4-6(12)9(15-2)8(13-7)10(14)16-3/h4-5H,1-3H3,(H2,12,13)/t5-/m1/s1. The third kappa shape index (κ3) is 2.21. The summed E-state index contributed by atoms with van der Waals surface area (Å²) in [6.07, 6.45) is -1.32. The summed E-state index contributed by atoms with van der Waals surface area (Å²) in [5.41, 5.74) is 5.72. The number of carbonyl (C=O) groups is 1. The molecule has 0 fully saturated rings. The van der Waals surface area contributed by atoms with Crippen molar-refractivity contribution in [1.82, 2.24) is 4.98 Å². The maximum atomic E-state index is 13.1. The molecule has 0 amide bonds. The molecule has 88 valence electrons. The minimum absolute atomic E-state index is 0.0682. The van der Waals surface area contributed by atoms with Gasteiger partial charge in [-0.05, 0) is 13.0 Å². The largest absolute Gasteiger partial charge is 0.492 e. The van der Waals surface area contributed by atoms with Gasteiger partial charge in [0.05, 0.1) is 25.6 Å². The number of hydrogen-bond donors (Lipinski definition) is 1. The molecule has 0 aliphatic carbocycles. The maximum absolute atomic E-state index is 13.1. The quantitative estimate of drug-likeness (QED) is 0.793. The first-order chi connectivity index (χ1) is 7.51. The molecule has 0 saturated heterocycles. The summed E-state index contributed by atoms with van der Waals surface area (Å²) in [6.45, 7) is 1.30. The highest BCUT2D eigenvalue weighted by Crippen LogP contribution is 2.29. The molecule has 0 radical (unpaired) electrons. The number of nitrogens with zero attached hydrogens (tertiary/aromatic N) is 1. The van der Waals surface area contributed by atoms with Gasteiger partial charge in [0, 0.05) is 0 Å². The van der Waals surface area contributed by atoms with E-state index in [0.717, 1.165) is 0 Å². The number of rotatable bonds is 3. The van der Waals surface area contributed by atoms with Crippen LogP contribution >= 0.6 is 0 Å². The van der Waals surface area contributed by atoms with Gasteiger partial charge in [0.1, 0.15) is 6.17 Å². The average Bonchev–Trinajstić information content (AvgIpc) is 2.26. The molecule has 5 nitrogen and oxygen atoms in total. The number of carbonyl (C=O) groups excluding carboxylic acids is 1. The van der Waals surface area contributed by atoms with Crippen LogP contribution in [0.2, 0.25) is 0 Å². The zero-order valence-electron chi connectivity index (χ0n) is 9.28. The van der Waals surface area contributed by atoms with Crippen molar-refractivity contribution in [2.75, 3.05) is 20.0 Å². The van der Waals surface area contributed by atoms with Crippen molar-refractivity contribution < 1.29 is 18.7 Å². The molecule has 1 aromatic rings. The minimum Gasteiger partial charge on any atom is -0.492 e. The van der Waals surface area contributed by atoms with Crippen molar-refractivity contribution in [1.29, 1.82) is 0 Å². The lowest BCUT2D eigenvalue weighted by Gasteiger charge is -2.11. The van der Waals surface area contributed by atoms with Crippen molar-refractivity contribution in [3.8, 4) is 5.75 Å². The van der Waals surface area contributed by atoms with Crippen LogP contribution in [0.15, 0.2) is 6.07 Å². The molecule has 1 aromatic heterocycles. The van der Waals surface area contributed by atoms with Crippen molar-refractivity contribution in [3.05, 3.63) is 17.5 Å². The van der Waals surface area contributed by atoms with Crippen molar-refractivity contribution >= 4 is 11.7 Å². The molecule has 6 heteroatoms. The Labute approximate surface area is 92.4 Å². The van der Waals surface area contributed by atoms with E-state index in [1.165, 1.54) is 27.2 Å². The number of ether oxygens (including phenoxy) is 2. The Morgan fingerprint density at radius 3 is 2.62 bits per heavy atom. The van der Waals surface area contributed by atoms with Gasteiger partial charge in [0.15, 0.2) is 11.4 Å². The predicted molar refractivity (Wildman–Crippen MR) is 56.1 cm³/mol. The van der Waals surface area contributed by atoms with Gasteiger partial charge < -0.3 is 15.2 Å². The molecule has 1 rings (SSSR count). The number of anilines is 1. The van der Waals surface area contributed by atoms with Gasteiger partial charge in [-0.3, -0.25) is 0 Å². The maximum Gasteiger partial charge on any atom is 0.360 e. The Kier molecular flexibility index (Phi) is 3.65. The monoisotopic (exact) mass is 228 g/mol. The second-order valence-corrected chi connectivity index (χ2v) is 3.13. The fourth-order valence-corrected chi connectivity index (χ4v) is 1.23. The second-order valence-electron chi connectivity index (χ2n) is 3.13. The Morgan fingerprint density at radius 2 is 2.19 bits per heavy atom. The van der Waals surface area contributed by atoms with Gasteiger partial charge in [-0.1, -0.05) is 0 Å². The van der Waals surface area contributed by atoms with E-state index in [9.17, 15) is 9.18 Å². The number of alkyl halides is 1. The highest BCUT2D eigenvalue weighted by atomic mass is 19.1. The van der Waals surface area contributed by atoms with Crippen molar-refractivity contribution in [2.45, 2.75) is 13.1 Å². The molecule has 0 spiro atoms. The third-order valence-electron chi connectivity index (χ3n) is 2.01. The molecule has 1 atom stereocenters. The average molecular weight is 228 g/mol. The van der Waals surface area contributed by atoms with Crippen molar-refractivity contribution in [3.63, 3.8) is 0 Å². The molecule has 16 heavy (non-hydrogen) atoms. The molecule has 1 heterocycles. The molecule has 0 unspecified atom stereocenters. The Hall–Kier alpha value is -1.85. The normalized spacial score (nSPS) is 12.0. The van der Waals surface area contributed by atoms with Gasteiger partial charge in [0.2, 0.25) is 0 Å². The fraction of sp³-hybridized carbons (Fsp3) is 0.400. The summed E-state index contributed by atoms with van der Waals surface area (Å²) in [6, 6.07) is 1.33. The molecule has 2 N–H and O–H groups in total. The van der Waals surface area contributed by atoms with Crippen LogP contribution in [0.4, 0.5) is 10.1 Å². The van der Waals surface area contributed by atoms with Crippen LogP contribution in [0.1, 0.15) is 29.3 Å². The number of esters is 1. The summed E-state index contributed by atoms with van der Waals surface area (Å²) in [5.74, 6) is -0.623. The zero-order chi connectivity index (χ0) is 12.3. The van der Waals surface area contributed by atoms with E-state index in [4.69, 9.17) is 10.5 Å². The van der Waals surface area contributed by atoms with Crippen LogP contribution in [0.5, 0.6) is 5.75 Å². The molecular formula is C10H13FN2O3. The molecule has 0 aromatic carbocycles. The van der Waals surface area contributed by atoms with E-state index >= 15 is 0 Å². The van der Waals surface area contributed by atoms with Crippen LogP contribution in [0, 0.1) is 0 Å². The lowest BCUT2D eigenvalue weighted by Crippen LogP contribution is -2.11. The topological polar surface area (TPSA) is 74.4 Å². The van der Waals surface area contributed by atoms with Crippen LogP contribution in [0.3, 0.4) is 0 Å². The summed E-state index contributed by atoms with van der Waals surface area (Å²) >= 11 is 0. The van der Waals surface area contributed by atoms with E-state index in [-0.39, 0.29) is 22.8 Å². The molecule has 0 saturated carbocycles. The number of nitrogen functional groups attached to an aromatic ring is 1. The molecule has 0 aliphatic heterocycles. The highest BCUT2D eigenvalue weighted by molar-refractivity contribution is 5.92. The lowest BCUT2D eigenvalue weighted by molar-refractivity contribution is 0.0589. The third-order valence-corrected chi connectivity index (χ3v) is 2.01. The Balaban J connectivity index is 3.36. The van der Waals surface area contributed by atoms with E-state index in [1.54, 1.807) is 0 Å². The van der Waals surface area contributed by atoms with Gasteiger partial charge in [-0.15, -0.1) is 0 Å². The fourth-order valence-electron chi connectivity index (χ4n) is 1.23. The number of hydrogen-bond acceptors (Lipinski definition) is 5. The zero-order valence-corrected chi connectivity index (χ0v) is 9.28. The summed E-state index contributed by atoms with van der Waals surface area (Å²) < 4.78 is 22.5. The Morgan fingerprint density at radius 1 is 1.56 bits per heavy atom. The van der Waals surface area contributed by atoms with Crippen LogP contribution in [0.25, 0.3) is 0 Å². The summed E-state index contributed by atoms with van der Waals surface area (Å²) in [4.78, 5) is 15.2. The van der Waals surface area contributed by atoms with E-state index in [0.29, 0.717) is 0 Å². The van der Waals surface area contributed by atoms with E-state index in [2.05, 4.69) is 9.72 Å². The number of methoxy groups -OCH3 is 2. The number of halogens is 1. The lowest BCUT2D eigenvalue weighted by atomic mass is 10.2. The highest BCUT2D eigenvalue weighted by Gasteiger charge is 2.20. The summed E-state index contributed by atoms with van der Waals surface area (Å²) in [7, 11) is 2.55. The molecule has 0 bridgehead atoms. The number of aromatic nitrogens is 1. The first-order valence-corrected chi connectivity index (χ1v) is 4.58. The second kappa shape index (κ2) is 4.78. The van der Waals surface area contributed by atoms with Gasteiger partial charge in [0.25, 0.3) is 0 Å². The molecular weight excluding hydrogens is 215 g/mol. The first kappa shape index (κ1) is 12.2. The molecule has 0 aliphatic rings. The number of nitrogens with two attached hydrogens (primary N) is 1. The van der Waals surface area contributed by atoms with Crippen molar-refractivity contribution in [2.24, 2.45) is 0 Å². The SMILES string of the molecule is COC(=O)c1nc([C@@H](C)F)cc(N)c1OC. The van der Waals surface area contributed by atoms with Crippen LogP contribution < -0.4 is 10.5 Å². The predicted octanol–water partition coefficient (Wildman–Crippen LogP) is 1.49. The first-order valence-electron chi connectivity index (χ1n) is 4.58. The smallest absolute Gasteiger partial charge is 0.360 e. The van der Waals surface area contributed by atoms with Gasteiger partial charge >= 0.3 is 5.97 Å². The van der Waals surface area contributed by atoms with E-state index in [1.807, 2.05) is 0 Å². The summed E-state index contributed by atoms with van der Waals surface area (Å²) in [5, 5.41) is 0. The van der Waals surface area contributed by atoms with Gasteiger partial charge in [-0.2, -0.15) is 0 Å². The van der Waals surface area contributed by atoms with E-state index < -0.39 is 12.1 Å². The Bertz CT molecular complexity index is 407. The van der Waals surface area contributed by atoms with Crippen LogP contribution in [-0.4, -0.2) is 25.2 Å². The minimum atomic E-state index is -1.32. The van der Waals surface area contributed by atoms with Gasteiger partial charge in [-0.25, -0.2) is 14.2 Å². The number of pyridine rings is 1. The van der Waals surface area contributed by atoms with Crippen LogP contribution in [-0.2, 0) is 4.74 Å².